The number of nitrogens with two attached hydrogens (primary N) is 1. The number of likely N-dealkylation sites (tertiary alicyclic amines) is 1. The molecule has 9 nitrogen and oxygen atoms in total. The number of amides is 1. The number of nitrogens with one attached hydrogen (secondary N) is 1. The number of rotatable bonds is 8. The fourth-order valence-electron chi connectivity index (χ4n) is 5.18. The van der Waals surface area contributed by atoms with Crippen LogP contribution in [0.2, 0.25) is 0 Å². The fourth-order valence-corrected chi connectivity index (χ4v) is 6.16. The number of halogens is 1. The first-order chi connectivity index (χ1) is 19.1. The van der Waals surface area contributed by atoms with E-state index >= 15 is 0 Å². The van der Waals surface area contributed by atoms with Crippen molar-refractivity contribution in [3.8, 4) is 22.8 Å². The van der Waals surface area contributed by atoms with Gasteiger partial charge in [0.15, 0.2) is 0 Å². The smallest absolute Gasteiger partial charge is 0.259 e. The molecule has 4 heterocycles. The summed E-state index contributed by atoms with van der Waals surface area (Å²) in [4.78, 5) is 28.2. The lowest BCUT2D eigenvalue weighted by Crippen LogP contribution is -2.29. The van der Waals surface area contributed by atoms with Gasteiger partial charge in [-0.25, -0.2) is 19.3 Å². The number of piperidine rings is 1. The van der Waals surface area contributed by atoms with Crippen molar-refractivity contribution in [1.82, 2.24) is 19.9 Å². The number of pyridine rings is 1. The first-order valence-corrected chi connectivity index (χ1v) is 14.0. The number of ether oxygens (including phenoxy) is 2. The van der Waals surface area contributed by atoms with E-state index in [0.29, 0.717) is 27.6 Å². The Hall–Kier alpha value is -3.83. The van der Waals surface area contributed by atoms with Crippen molar-refractivity contribution >= 4 is 39.1 Å². The van der Waals surface area contributed by atoms with Crippen molar-refractivity contribution in [2.75, 3.05) is 32.6 Å². The Balaban J connectivity index is 1.58. The first kappa shape index (κ1) is 27.7. The Morgan fingerprint density at radius 3 is 2.62 bits per heavy atom. The van der Waals surface area contributed by atoms with Crippen LogP contribution in [-0.2, 0) is 0 Å². The van der Waals surface area contributed by atoms with Gasteiger partial charge in [0.1, 0.15) is 16.4 Å². The van der Waals surface area contributed by atoms with Crippen LogP contribution >= 0.6 is 11.3 Å². The van der Waals surface area contributed by atoms with Gasteiger partial charge in [0.2, 0.25) is 11.8 Å². The summed E-state index contributed by atoms with van der Waals surface area (Å²) in [5, 5.41) is 3.32. The highest BCUT2D eigenvalue weighted by molar-refractivity contribution is 7.21. The summed E-state index contributed by atoms with van der Waals surface area (Å²) < 4.78 is 26.5. The average molecular weight is 565 g/mol. The number of methoxy groups -OCH3 is 1. The molecule has 0 radical (unpaired) electrons. The first-order valence-electron chi connectivity index (χ1n) is 13.2. The van der Waals surface area contributed by atoms with Crippen LogP contribution in [0, 0.1) is 12.7 Å². The molecule has 0 bridgehead atoms. The molecule has 0 unspecified atom stereocenters. The van der Waals surface area contributed by atoms with Crippen LogP contribution in [0.4, 0.5) is 16.0 Å². The van der Waals surface area contributed by atoms with E-state index in [1.807, 2.05) is 13.8 Å². The highest BCUT2D eigenvalue weighted by Gasteiger charge is 2.25. The maximum Gasteiger partial charge on any atom is 0.259 e. The van der Waals surface area contributed by atoms with Gasteiger partial charge >= 0.3 is 0 Å². The molecule has 1 aromatic carbocycles. The van der Waals surface area contributed by atoms with E-state index in [2.05, 4.69) is 46.3 Å². The molecule has 0 spiro atoms. The van der Waals surface area contributed by atoms with Crippen molar-refractivity contribution in [2.24, 2.45) is 5.73 Å². The maximum absolute atomic E-state index is 14.3. The monoisotopic (exact) mass is 564 g/mol. The van der Waals surface area contributed by atoms with Gasteiger partial charge in [0.05, 0.1) is 47.1 Å². The van der Waals surface area contributed by atoms with Crippen molar-refractivity contribution in [3.05, 3.63) is 52.4 Å². The molecule has 1 amide bonds. The summed E-state index contributed by atoms with van der Waals surface area (Å²) in [5.41, 5.74) is 9.98. The van der Waals surface area contributed by atoms with Gasteiger partial charge < -0.3 is 25.4 Å². The predicted molar refractivity (Wildman–Crippen MR) is 155 cm³/mol. The number of carbonyl (C=O) groups excluding carboxylic acids is 1. The summed E-state index contributed by atoms with van der Waals surface area (Å²) in [7, 11) is 3.59. The third-order valence-corrected chi connectivity index (χ3v) is 8.20. The average Bonchev–Trinajstić information content (AvgIpc) is 3.29. The van der Waals surface area contributed by atoms with E-state index in [9.17, 15) is 9.18 Å². The fraction of sp³-hybridized carbons (Fsp3) is 0.379. The lowest BCUT2D eigenvalue weighted by atomic mass is 9.86. The van der Waals surface area contributed by atoms with Crippen LogP contribution < -0.4 is 20.5 Å². The van der Waals surface area contributed by atoms with Gasteiger partial charge in [0.25, 0.3) is 5.91 Å². The number of nitrogens with zero attached hydrogens (tertiary/aromatic N) is 4. The van der Waals surface area contributed by atoms with Crippen molar-refractivity contribution in [2.45, 2.75) is 45.6 Å². The topological polar surface area (TPSA) is 115 Å². The van der Waals surface area contributed by atoms with Gasteiger partial charge in [-0.2, -0.15) is 0 Å². The molecule has 1 saturated heterocycles. The van der Waals surface area contributed by atoms with Crippen molar-refractivity contribution < 1.29 is 18.7 Å². The second-order valence-electron chi connectivity index (χ2n) is 10.4. The van der Waals surface area contributed by atoms with E-state index in [0.717, 1.165) is 60.5 Å². The molecule has 3 N–H and O–H groups in total. The number of carbonyl (C=O) groups is 1. The molecule has 1 aliphatic heterocycles. The highest BCUT2D eigenvalue weighted by Crippen LogP contribution is 2.42. The number of hydrogen-bond donors (Lipinski definition) is 2. The maximum atomic E-state index is 14.3. The van der Waals surface area contributed by atoms with E-state index in [1.54, 1.807) is 6.20 Å². The molecule has 0 atom stereocenters. The Morgan fingerprint density at radius 1 is 1.20 bits per heavy atom. The molecular formula is C29H33FN6O3S. The van der Waals surface area contributed by atoms with Gasteiger partial charge in [-0.3, -0.25) is 4.79 Å². The zero-order valence-electron chi connectivity index (χ0n) is 23.2. The van der Waals surface area contributed by atoms with E-state index in [-0.39, 0.29) is 22.4 Å². The predicted octanol–water partition coefficient (Wildman–Crippen LogP) is 5.65. The molecular weight excluding hydrogens is 531 g/mol. The second-order valence-corrected chi connectivity index (χ2v) is 11.4. The quantitative estimate of drug-likeness (QED) is 0.282. The van der Waals surface area contributed by atoms with Gasteiger partial charge in [-0.1, -0.05) is 0 Å². The van der Waals surface area contributed by atoms with Gasteiger partial charge in [-0.05, 0) is 89.0 Å². The van der Waals surface area contributed by atoms with Crippen LogP contribution in [0.1, 0.15) is 53.4 Å². The van der Waals surface area contributed by atoms with E-state index in [4.69, 9.17) is 20.2 Å². The molecule has 40 heavy (non-hydrogen) atoms. The Labute approximate surface area is 236 Å². The lowest BCUT2D eigenvalue weighted by Gasteiger charge is -2.30. The van der Waals surface area contributed by atoms with Gasteiger partial charge in [-0.15, -0.1) is 11.3 Å². The molecule has 5 rings (SSSR count). The number of primary amides is 1. The third-order valence-electron chi connectivity index (χ3n) is 7.07. The van der Waals surface area contributed by atoms with Crippen LogP contribution in [0.5, 0.6) is 11.6 Å². The number of aromatic nitrogens is 3. The van der Waals surface area contributed by atoms with Crippen LogP contribution in [0.25, 0.3) is 21.3 Å². The summed E-state index contributed by atoms with van der Waals surface area (Å²) in [6.07, 6.45) is 4.84. The molecule has 3 aromatic heterocycles. The summed E-state index contributed by atoms with van der Waals surface area (Å²) in [6.45, 7) is 8.23. The standard InChI is InChI=1S/C29H33FN6O3S/c1-15(2)39-22-12-19(17-6-8-36(4)9-7-17)16(3)10-21(22)34-29-33-14-23-25(35-29)24(26(40-23)27(31)37)20-11-18(30)13-32-28(20)38-5/h10-15,17H,6-9H2,1-5H3,(H2,31,37)(H,33,34,35). The molecule has 1 aliphatic rings. The number of fused-ring (bicyclic) bond motifs is 1. The zero-order valence-corrected chi connectivity index (χ0v) is 24.1. The van der Waals surface area contributed by atoms with Crippen LogP contribution in [-0.4, -0.2) is 59.1 Å². The molecule has 0 saturated carbocycles. The normalized spacial score (nSPS) is 14.6. The van der Waals surface area contributed by atoms with E-state index < -0.39 is 11.7 Å². The second kappa shape index (κ2) is 11.3. The number of aryl methyl sites for hydroxylation is 1. The van der Waals surface area contributed by atoms with Crippen LogP contribution in [0.15, 0.2) is 30.6 Å². The lowest BCUT2D eigenvalue weighted by molar-refractivity contribution is 0.100. The molecule has 11 heteroatoms. The largest absolute Gasteiger partial charge is 0.489 e. The number of hydrogen-bond acceptors (Lipinski definition) is 9. The van der Waals surface area contributed by atoms with Crippen molar-refractivity contribution in [3.63, 3.8) is 0 Å². The minimum absolute atomic E-state index is 0.0356. The number of thiophene rings is 1. The Bertz CT molecular complexity index is 1570. The Kier molecular flexibility index (Phi) is 7.86. The zero-order chi connectivity index (χ0) is 28.6. The van der Waals surface area contributed by atoms with Gasteiger partial charge in [0, 0.05) is 5.56 Å². The highest BCUT2D eigenvalue weighted by atomic mass is 32.1. The molecule has 4 aromatic rings. The number of benzene rings is 1. The minimum Gasteiger partial charge on any atom is -0.489 e. The minimum atomic E-state index is -0.661. The van der Waals surface area contributed by atoms with E-state index in [1.165, 1.54) is 18.7 Å². The molecule has 1 fully saturated rings. The summed E-state index contributed by atoms with van der Waals surface area (Å²) in [5.74, 6) is 0.413. The molecule has 210 valence electrons. The SMILES string of the molecule is COc1ncc(F)cc1-c1c(C(N)=O)sc2cnc(Nc3cc(C)c(C4CCN(C)CC4)cc3OC(C)C)nc12. The molecule has 0 aliphatic carbocycles. The Morgan fingerprint density at radius 2 is 1.95 bits per heavy atom. The summed E-state index contributed by atoms with van der Waals surface area (Å²) in [6, 6.07) is 5.47. The third kappa shape index (κ3) is 5.57. The summed E-state index contributed by atoms with van der Waals surface area (Å²) >= 11 is 1.14. The van der Waals surface area contributed by atoms with Crippen molar-refractivity contribution in [1.29, 1.82) is 0 Å². The van der Waals surface area contributed by atoms with Crippen LogP contribution in [0.3, 0.4) is 0 Å². The number of anilines is 2.